The number of nitriles is 2. The van der Waals surface area contributed by atoms with E-state index in [-0.39, 0.29) is 17.1 Å². The molecule has 18 heavy (non-hydrogen) atoms. The Morgan fingerprint density at radius 3 is 2.39 bits per heavy atom. The molecule has 0 atom stereocenters. The van der Waals surface area contributed by atoms with Crippen LogP contribution >= 0.6 is 0 Å². The van der Waals surface area contributed by atoms with Gasteiger partial charge in [0.05, 0.1) is 4.92 Å². The lowest BCUT2D eigenvalue weighted by molar-refractivity contribution is -0.384. The van der Waals surface area contributed by atoms with Gasteiger partial charge in [-0.1, -0.05) is 0 Å². The predicted octanol–water partition coefficient (Wildman–Crippen LogP) is 1.23. The van der Waals surface area contributed by atoms with Crippen LogP contribution in [0.5, 0.6) is 0 Å². The molecule has 2 N–H and O–H groups in total. The fraction of sp³-hybridized carbons (Fsp3) is 0. The van der Waals surface area contributed by atoms with Crippen LogP contribution in [0.4, 0.5) is 5.69 Å². The lowest BCUT2D eigenvalue weighted by Gasteiger charge is -1.93. The molecule has 0 fully saturated rings. The van der Waals surface area contributed by atoms with E-state index in [9.17, 15) is 10.1 Å². The second-order valence-electron chi connectivity index (χ2n) is 3.09. The summed E-state index contributed by atoms with van der Waals surface area (Å²) in [5.74, 6) is 0. The van der Waals surface area contributed by atoms with E-state index < -0.39 is 4.92 Å². The lowest BCUT2D eigenvalue weighted by Crippen LogP contribution is -1.97. The number of nitrogens with zero attached hydrogens (tertiary/aromatic N) is 4. The van der Waals surface area contributed by atoms with Crippen molar-refractivity contribution >= 4 is 11.9 Å². The van der Waals surface area contributed by atoms with Crippen LogP contribution in [0.1, 0.15) is 5.56 Å². The van der Waals surface area contributed by atoms with E-state index in [2.05, 4.69) is 4.99 Å². The largest absolute Gasteiger partial charge is 0.388 e. The van der Waals surface area contributed by atoms with Gasteiger partial charge in [-0.15, -0.1) is 0 Å². The number of non-ortho nitro benzene ring substituents is 1. The van der Waals surface area contributed by atoms with E-state index >= 15 is 0 Å². The number of hydrogen-bond donors (Lipinski definition) is 1. The number of allylic oxidation sites excluding steroid dienone is 2. The minimum atomic E-state index is -0.519. The fourth-order valence-corrected chi connectivity index (χ4v) is 1.03. The first-order valence-electron chi connectivity index (χ1n) is 4.67. The standard InChI is InChI=1S/C11H7N5O2/c12-5-10(14)11(6-13)15-7-8-1-3-9(4-2-8)16(17)18/h1-4,7H,14H2/b11-10+,15-7+. The normalized spacial score (nSPS) is 11.4. The third-order valence-electron chi connectivity index (χ3n) is 1.93. The van der Waals surface area contributed by atoms with E-state index in [1.165, 1.54) is 30.5 Å². The van der Waals surface area contributed by atoms with Crippen molar-refractivity contribution in [3.63, 3.8) is 0 Å². The van der Waals surface area contributed by atoms with Crippen molar-refractivity contribution in [1.29, 1.82) is 10.5 Å². The molecule has 0 amide bonds. The molecule has 88 valence electrons. The Kier molecular flexibility index (Phi) is 4.13. The van der Waals surface area contributed by atoms with Crippen molar-refractivity contribution in [3.05, 3.63) is 51.3 Å². The maximum atomic E-state index is 10.4. The van der Waals surface area contributed by atoms with Gasteiger partial charge in [0.1, 0.15) is 17.8 Å². The highest BCUT2D eigenvalue weighted by Gasteiger charge is 2.03. The topological polar surface area (TPSA) is 129 Å². The van der Waals surface area contributed by atoms with Crippen molar-refractivity contribution in [2.24, 2.45) is 10.7 Å². The summed E-state index contributed by atoms with van der Waals surface area (Å²) in [7, 11) is 0. The molecule has 0 aliphatic heterocycles. The summed E-state index contributed by atoms with van der Waals surface area (Å²) < 4.78 is 0. The minimum absolute atomic E-state index is 0.0419. The third-order valence-corrected chi connectivity index (χ3v) is 1.93. The highest BCUT2D eigenvalue weighted by Crippen LogP contribution is 2.11. The second kappa shape index (κ2) is 5.77. The van der Waals surface area contributed by atoms with Gasteiger partial charge < -0.3 is 5.73 Å². The van der Waals surface area contributed by atoms with Gasteiger partial charge in [-0.2, -0.15) is 10.5 Å². The monoisotopic (exact) mass is 241 g/mol. The number of aliphatic imine (C=N–C) groups is 1. The molecule has 7 heteroatoms. The zero-order chi connectivity index (χ0) is 13.5. The number of benzene rings is 1. The molecule has 0 spiro atoms. The quantitative estimate of drug-likeness (QED) is 0.368. The highest BCUT2D eigenvalue weighted by molar-refractivity contribution is 5.81. The summed E-state index contributed by atoms with van der Waals surface area (Å²) in [6.45, 7) is 0. The molecule has 0 radical (unpaired) electrons. The molecule has 0 aromatic heterocycles. The van der Waals surface area contributed by atoms with Crippen molar-refractivity contribution in [2.45, 2.75) is 0 Å². The molecule has 1 rings (SSSR count). The maximum absolute atomic E-state index is 10.4. The first-order valence-corrected chi connectivity index (χ1v) is 4.67. The summed E-state index contributed by atoms with van der Waals surface area (Å²) in [5, 5.41) is 27.6. The molecule has 0 aliphatic carbocycles. The van der Waals surface area contributed by atoms with Gasteiger partial charge in [-0.3, -0.25) is 10.1 Å². The van der Waals surface area contributed by atoms with Gasteiger partial charge in [-0.05, 0) is 17.7 Å². The van der Waals surface area contributed by atoms with Crippen LogP contribution in [-0.4, -0.2) is 11.1 Å². The lowest BCUT2D eigenvalue weighted by atomic mass is 10.2. The summed E-state index contributed by atoms with van der Waals surface area (Å²) in [4.78, 5) is 13.6. The summed E-state index contributed by atoms with van der Waals surface area (Å²) >= 11 is 0. The molecule has 1 aromatic carbocycles. The summed E-state index contributed by atoms with van der Waals surface area (Å²) in [5.41, 5.74) is 5.28. The Balaban J connectivity index is 2.96. The first-order chi connectivity index (χ1) is 8.58. The van der Waals surface area contributed by atoms with Crippen molar-refractivity contribution in [3.8, 4) is 12.1 Å². The smallest absolute Gasteiger partial charge is 0.269 e. The third kappa shape index (κ3) is 3.15. The number of nitro benzene ring substituents is 1. The van der Waals surface area contributed by atoms with E-state index in [0.717, 1.165) is 0 Å². The van der Waals surface area contributed by atoms with Gasteiger partial charge in [0.25, 0.3) is 5.69 Å². The van der Waals surface area contributed by atoms with Gasteiger partial charge in [0.15, 0.2) is 5.70 Å². The Bertz CT molecular complexity index is 602. The first kappa shape index (κ1) is 12.9. The Hall–Kier alpha value is -3.19. The molecule has 0 unspecified atom stereocenters. The fourth-order valence-electron chi connectivity index (χ4n) is 1.03. The van der Waals surface area contributed by atoms with E-state index in [1.807, 2.05) is 0 Å². The van der Waals surface area contributed by atoms with Crippen LogP contribution in [0.2, 0.25) is 0 Å². The Morgan fingerprint density at radius 1 is 1.33 bits per heavy atom. The zero-order valence-corrected chi connectivity index (χ0v) is 9.07. The summed E-state index contributed by atoms with van der Waals surface area (Å²) in [6.07, 6.45) is 1.30. The van der Waals surface area contributed by atoms with Gasteiger partial charge in [-0.25, -0.2) is 4.99 Å². The van der Waals surface area contributed by atoms with Crippen LogP contribution in [0.15, 0.2) is 40.7 Å². The predicted molar refractivity (Wildman–Crippen MR) is 63.1 cm³/mol. The molecule has 7 nitrogen and oxygen atoms in total. The van der Waals surface area contributed by atoms with Gasteiger partial charge in [0, 0.05) is 18.3 Å². The maximum Gasteiger partial charge on any atom is 0.269 e. The van der Waals surface area contributed by atoms with Crippen molar-refractivity contribution < 1.29 is 4.92 Å². The number of hydrogen-bond acceptors (Lipinski definition) is 6. The average Bonchev–Trinajstić information content (AvgIpc) is 2.39. The number of rotatable bonds is 3. The minimum Gasteiger partial charge on any atom is -0.388 e. The van der Waals surface area contributed by atoms with Gasteiger partial charge in [0.2, 0.25) is 0 Å². The Labute approximate surface area is 102 Å². The molecule has 0 aliphatic rings. The summed E-state index contributed by atoms with van der Waals surface area (Å²) in [6, 6.07) is 8.85. The van der Waals surface area contributed by atoms with Crippen LogP contribution in [-0.2, 0) is 0 Å². The second-order valence-corrected chi connectivity index (χ2v) is 3.09. The van der Waals surface area contributed by atoms with Crippen molar-refractivity contribution in [2.75, 3.05) is 0 Å². The van der Waals surface area contributed by atoms with Crippen LogP contribution < -0.4 is 5.73 Å². The molecule has 0 heterocycles. The Morgan fingerprint density at radius 2 is 1.94 bits per heavy atom. The van der Waals surface area contributed by atoms with Gasteiger partial charge >= 0.3 is 0 Å². The molecular weight excluding hydrogens is 234 g/mol. The van der Waals surface area contributed by atoms with Crippen LogP contribution in [0.3, 0.4) is 0 Å². The molecular formula is C11H7N5O2. The highest BCUT2D eigenvalue weighted by atomic mass is 16.6. The molecule has 0 saturated carbocycles. The number of nitrogens with two attached hydrogens (primary N) is 1. The SMILES string of the molecule is N#C/C(N)=C(C#N)\N=C\c1ccc([N+](=O)[O-])cc1. The van der Waals surface area contributed by atoms with E-state index in [1.54, 1.807) is 12.1 Å². The van der Waals surface area contributed by atoms with Crippen LogP contribution in [0.25, 0.3) is 0 Å². The number of nitro groups is 1. The van der Waals surface area contributed by atoms with E-state index in [4.69, 9.17) is 16.3 Å². The van der Waals surface area contributed by atoms with Crippen LogP contribution in [0, 0.1) is 32.8 Å². The molecule has 0 bridgehead atoms. The van der Waals surface area contributed by atoms with E-state index in [0.29, 0.717) is 5.56 Å². The average molecular weight is 241 g/mol. The molecule has 1 aromatic rings. The molecule has 0 saturated heterocycles. The van der Waals surface area contributed by atoms with Crippen molar-refractivity contribution in [1.82, 2.24) is 0 Å². The zero-order valence-electron chi connectivity index (χ0n) is 9.07.